The van der Waals surface area contributed by atoms with Gasteiger partial charge in [0.05, 0.1) is 0 Å². The molecule has 0 aliphatic heterocycles. The summed E-state index contributed by atoms with van der Waals surface area (Å²) >= 11 is 0. The van der Waals surface area contributed by atoms with Gasteiger partial charge in [-0.05, 0) is 38.9 Å². The molecule has 0 heterocycles. The molecule has 0 aromatic heterocycles. The Kier molecular flexibility index (Phi) is 17.0. The Morgan fingerprint density at radius 1 is 0.400 bits per heavy atom. The van der Waals surface area contributed by atoms with E-state index in [1.54, 1.807) is 0 Å². The molecule has 0 aliphatic rings. The Bertz CT molecular complexity index is 167. The van der Waals surface area contributed by atoms with Crippen LogP contribution in [0.2, 0.25) is 0 Å². The lowest BCUT2D eigenvalue weighted by Crippen LogP contribution is -2.26. The fourth-order valence-corrected chi connectivity index (χ4v) is 2.86. The number of hydrogen-bond donors (Lipinski definition) is 0. The largest absolute Gasteiger partial charge is 0.303 e. The molecule has 0 spiro atoms. The summed E-state index contributed by atoms with van der Waals surface area (Å²) in [5, 5.41) is 0. The van der Waals surface area contributed by atoms with Gasteiger partial charge >= 0.3 is 0 Å². The van der Waals surface area contributed by atoms with Gasteiger partial charge in [0.15, 0.2) is 0 Å². The van der Waals surface area contributed by atoms with Crippen LogP contribution in [-0.2, 0) is 0 Å². The van der Waals surface area contributed by atoms with E-state index in [2.05, 4.69) is 25.7 Å². The molecule has 0 rings (SSSR count). The quantitative estimate of drug-likeness (QED) is 0.295. The van der Waals surface area contributed by atoms with E-state index in [0.29, 0.717) is 0 Å². The zero-order chi connectivity index (χ0) is 14.9. The van der Waals surface area contributed by atoms with E-state index < -0.39 is 0 Å². The molecule has 0 aliphatic carbocycles. The molecule has 0 N–H and O–H groups in total. The zero-order valence-corrected chi connectivity index (χ0v) is 14.8. The predicted octanol–water partition coefficient (Wildman–Crippen LogP) is 6.42. The maximum atomic E-state index is 2.67. The summed E-state index contributed by atoms with van der Waals surface area (Å²) in [5.74, 6) is 0. The van der Waals surface area contributed by atoms with Gasteiger partial charge in [-0.1, -0.05) is 85.0 Å². The molecule has 0 amide bonds. The molecule has 1 nitrogen and oxygen atoms in total. The smallest absolute Gasteiger partial charge is 0.00187 e. The molecular weight excluding hydrogens is 242 g/mol. The summed E-state index contributed by atoms with van der Waals surface area (Å²) in [5.41, 5.74) is 0. The minimum atomic E-state index is 1.30. The van der Waals surface area contributed by atoms with Crippen molar-refractivity contribution in [3.05, 3.63) is 0 Å². The molecule has 0 unspecified atom stereocenters. The Morgan fingerprint density at radius 3 is 1.35 bits per heavy atom. The summed E-state index contributed by atoms with van der Waals surface area (Å²) in [6.07, 6.45) is 18.5. The third-order valence-corrected chi connectivity index (χ3v) is 4.20. The number of hydrogen-bond acceptors (Lipinski definition) is 1. The van der Waals surface area contributed by atoms with E-state index in [1.807, 2.05) is 0 Å². The van der Waals surface area contributed by atoms with Crippen LogP contribution >= 0.6 is 0 Å². The van der Waals surface area contributed by atoms with Gasteiger partial charge in [-0.3, -0.25) is 0 Å². The number of rotatable bonds is 16. The molecule has 0 aromatic carbocycles. The molecule has 20 heavy (non-hydrogen) atoms. The van der Waals surface area contributed by atoms with Gasteiger partial charge in [-0.25, -0.2) is 0 Å². The topological polar surface area (TPSA) is 3.24 Å². The van der Waals surface area contributed by atoms with Crippen molar-refractivity contribution in [2.24, 2.45) is 0 Å². The normalized spacial score (nSPS) is 11.4. The maximum absolute atomic E-state index is 2.67. The van der Waals surface area contributed by atoms with Crippen LogP contribution < -0.4 is 0 Å². The molecule has 122 valence electrons. The molecular formula is C19H41N. The lowest BCUT2D eigenvalue weighted by atomic mass is 10.1. The highest BCUT2D eigenvalue weighted by Gasteiger charge is 2.02. The standard InChI is InChI=1S/C19H41N/c1-4-7-9-10-11-12-13-14-15-16-19-20(17-6-3)18-8-5-2/h4-19H2,1-3H3. The van der Waals surface area contributed by atoms with Crippen molar-refractivity contribution < 1.29 is 0 Å². The maximum Gasteiger partial charge on any atom is -0.00187 e. The summed E-state index contributed by atoms with van der Waals surface area (Å²) < 4.78 is 0. The summed E-state index contributed by atoms with van der Waals surface area (Å²) in [4.78, 5) is 2.67. The van der Waals surface area contributed by atoms with Gasteiger partial charge in [0.2, 0.25) is 0 Å². The first kappa shape index (κ1) is 20.0. The summed E-state index contributed by atoms with van der Waals surface area (Å²) in [6, 6.07) is 0. The molecule has 0 bridgehead atoms. The Hall–Kier alpha value is -0.0400. The second kappa shape index (κ2) is 17.0. The lowest BCUT2D eigenvalue weighted by molar-refractivity contribution is 0.263. The Balaban J connectivity index is 3.27. The third kappa shape index (κ3) is 14.4. The fraction of sp³-hybridized carbons (Fsp3) is 1.00. The third-order valence-electron chi connectivity index (χ3n) is 4.20. The molecule has 0 saturated carbocycles. The molecule has 0 saturated heterocycles. The Morgan fingerprint density at radius 2 is 0.850 bits per heavy atom. The highest BCUT2D eigenvalue weighted by atomic mass is 15.1. The van der Waals surface area contributed by atoms with Crippen LogP contribution in [0, 0.1) is 0 Å². The predicted molar refractivity (Wildman–Crippen MR) is 93.5 cm³/mol. The van der Waals surface area contributed by atoms with Gasteiger partial charge in [0.25, 0.3) is 0 Å². The van der Waals surface area contributed by atoms with Gasteiger partial charge in [-0.2, -0.15) is 0 Å². The first-order valence-corrected chi connectivity index (χ1v) is 9.57. The number of unbranched alkanes of at least 4 members (excludes halogenated alkanes) is 10. The van der Waals surface area contributed by atoms with Gasteiger partial charge in [-0.15, -0.1) is 0 Å². The van der Waals surface area contributed by atoms with Crippen LogP contribution in [-0.4, -0.2) is 24.5 Å². The Labute approximate surface area is 129 Å². The molecule has 0 radical (unpaired) electrons. The monoisotopic (exact) mass is 283 g/mol. The van der Waals surface area contributed by atoms with Gasteiger partial charge in [0, 0.05) is 0 Å². The van der Waals surface area contributed by atoms with Crippen LogP contribution in [0.1, 0.15) is 104 Å². The van der Waals surface area contributed by atoms with Gasteiger partial charge < -0.3 is 4.90 Å². The van der Waals surface area contributed by atoms with Crippen molar-refractivity contribution in [1.29, 1.82) is 0 Å². The van der Waals surface area contributed by atoms with E-state index in [9.17, 15) is 0 Å². The molecule has 0 fully saturated rings. The lowest BCUT2D eigenvalue weighted by Gasteiger charge is -2.21. The zero-order valence-electron chi connectivity index (χ0n) is 14.8. The minimum Gasteiger partial charge on any atom is -0.303 e. The van der Waals surface area contributed by atoms with E-state index in [4.69, 9.17) is 0 Å². The van der Waals surface area contributed by atoms with Crippen molar-refractivity contribution in [2.45, 2.75) is 104 Å². The van der Waals surface area contributed by atoms with Crippen molar-refractivity contribution in [3.8, 4) is 0 Å². The highest BCUT2D eigenvalue weighted by molar-refractivity contribution is 4.57. The highest BCUT2D eigenvalue weighted by Crippen LogP contribution is 2.11. The van der Waals surface area contributed by atoms with E-state index in [-0.39, 0.29) is 0 Å². The van der Waals surface area contributed by atoms with Crippen molar-refractivity contribution in [3.63, 3.8) is 0 Å². The fourth-order valence-electron chi connectivity index (χ4n) is 2.86. The average molecular weight is 284 g/mol. The number of nitrogens with zero attached hydrogens (tertiary/aromatic N) is 1. The first-order chi connectivity index (χ1) is 9.85. The second-order valence-corrected chi connectivity index (χ2v) is 6.38. The minimum absolute atomic E-state index is 1.30. The average Bonchev–Trinajstić information content (AvgIpc) is 2.46. The van der Waals surface area contributed by atoms with Gasteiger partial charge in [0.1, 0.15) is 0 Å². The van der Waals surface area contributed by atoms with Crippen molar-refractivity contribution >= 4 is 0 Å². The van der Waals surface area contributed by atoms with Crippen LogP contribution in [0.25, 0.3) is 0 Å². The van der Waals surface area contributed by atoms with Crippen LogP contribution in [0.5, 0.6) is 0 Å². The first-order valence-electron chi connectivity index (χ1n) is 9.57. The van der Waals surface area contributed by atoms with E-state index >= 15 is 0 Å². The summed E-state index contributed by atoms with van der Waals surface area (Å²) in [6.45, 7) is 10.9. The second-order valence-electron chi connectivity index (χ2n) is 6.38. The van der Waals surface area contributed by atoms with Crippen molar-refractivity contribution in [1.82, 2.24) is 4.90 Å². The summed E-state index contributed by atoms with van der Waals surface area (Å²) in [7, 11) is 0. The molecule has 1 heteroatoms. The molecule has 0 aromatic rings. The van der Waals surface area contributed by atoms with E-state index in [1.165, 1.54) is 103 Å². The van der Waals surface area contributed by atoms with Crippen LogP contribution in [0.4, 0.5) is 0 Å². The SMILES string of the molecule is CCCCCCCCCCCCN(CCC)CCCC. The van der Waals surface area contributed by atoms with Crippen molar-refractivity contribution in [2.75, 3.05) is 19.6 Å². The van der Waals surface area contributed by atoms with Crippen LogP contribution in [0.15, 0.2) is 0 Å². The molecule has 0 atom stereocenters. The van der Waals surface area contributed by atoms with Crippen LogP contribution in [0.3, 0.4) is 0 Å². The van der Waals surface area contributed by atoms with E-state index in [0.717, 1.165) is 0 Å².